The van der Waals surface area contributed by atoms with Gasteiger partial charge in [0.25, 0.3) is 5.91 Å². The average molecular weight is 286 g/mol. The molecule has 21 heavy (non-hydrogen) atoms. The molecular formula is C16H18N2O3. The Bertz CT molecular complexity index is 678. The van der Waals surface area contributed by atoms with E-state index in [1.807, 2.05) is 37.4 Å². The summed E-state index contributed by atoms with van der Waals surface area (Å²) in [7, 11) is 1.82. The molecule has 0 spiro atoms. The zero-order valence-corrected chi connectivity index (χ0v) is 12.1. The SMILES string of the molecule is Cc1c(OCC(=O)NCc2ccccc2)c(=O)ccn1C. The summed E-state index contributed by atoms with van der Waals surface area (Å²) in [5, 5.41) is 2.75. The summed E-state index contributed by atoms with van der Waals surface area (Å²) in [5.41, 5.74) is 1.48. The molecule has 1 N–H and O–H groups in total. The molecule has 2 rings (SSSR count). The van der Waals surface area contributed by atoms with Crippen molar-refractivity contribution in [3.8, 4) is 5.75 Å². The molecular weight excluding hydrogens is 268 g/mol. The first-order valence-electron chi connectivity index (χ1n) is 6.67. The number of ether oxygens (including phenoxy) is 1. The molecule has 1 aromatic carbocycles. The maximum Gasteiger partial charge on any atom is 0.258 e. The lowest BCUT2D eigenvalue weighted by Gasteiger charge is -2.11. The van der Waals surface area contributed by atoms with E-state index in [0.717, 1.165) is 5.56 Å². The second kappa shape index (κ2) is 6.74. The summed E-state index contributed by atoms with van der Waals surface area (Å²) >= 11 is 0. The van der Waals surface area contributed by atoms with Crippen LogP contribution in [0, 0.1) is 6.92 Å². The van der Waals surface area contributed by atoms with E-state index >= 15 is 0 Å². The Labute approximate surface area is 123 Å². The minimum Gasteiger partial charge on any atom is -0.478 e. The molecule has 0 atom stereocenters. The molecule has 0 aliphatic rings. The highest BCUT2D eigenvalue weighted by Crippen LogP contribution is 2.09. The van der Waals surface area contributed by atoms with Crippen molar-refractivity contribution in [1.29, 1.82) is 0 Å². The van der Waals surface area contributed by atoms with Crippen LogP contribution in [-0.4, -0.2) is 17.1 Å². The number of nitrogens with one attached hydrogen (secondary N) is 1. The van der Waals surface area contributed by atoms with Crippen LogP contribution in [-0.2, 0) is 18.4 Å². The third-order valence-electron chi connectivity index (χ3n) is 3.21. The molecule has 0 bridgehead atoms. The molecule has 1 amide bonds. The van der Waals surface area contributed by atoms with Gasteiger partial charge in [-0.3, -0.25) is 9.59 Å². The minimum atomic E-state index is -0.260. The maximum absolute atomic E-state index is 11.8. The van der Waals surface area contributed by atoms with Crippen molar-refractivity contribution in [2.75, 3.05) is 6.61 Å². The van der Waals surface area contributed by atoms with Gasteiger partial charge in [0.05, 0.1) is 5.69 Å². The van der Waals surface area contributed by atoms with Crippen molar-refractivity contribution in [3.63, 3.8) is 0 Å². The quantitative estimate of drug-likeness (QED) is 0.903. The van der Waals surface area contributed by atoms with Crippen LogP contribution in [0.15, 0.2) is 47.4 Å². The lowest BCUT2D eigenvalue weighted by atomic mass is 10.2. The van der Waals surface area contributed by atoms with E-state index in [0.29, 0.717) is 12.2 Å². The first kappa shape index (κ1) is 14.8. The van der Waals surface area contributed by atoms with Crippen LogP contribution >= 0.6 is 0 Å². The molecule has 1 heterocycles. The molecule has 2 aromatic rings. The molecule has 110 valence electrons. The summed E-state index contributed by atoms with van der Waals surface area (Å²) < 4.78 is 7.13. The summed E-state index contributed by atoms with van der Waals surface area (Å²) in [4.78, 5) is 23.5. The van der Waals surface area contributed by atoms with Gasteiger partial charge in [-0.15, -0.1) is 0 Å². The van der Waals surface area contributed by atoms with E-state index in [4.69, 9.17) is 4.74 Å². The Morgan fingerprint density at radius 1 is 1.24 bits per heavy atom. The van der Waals surface area contributed by atoms with E-state index in [-0.39, 0.29) is 23.7 Å². The molecule has 0 aliphatic carbocycles. The molecule has 5 heteroatoms. The van der Waals surface area contributed by atoms with E-state index < -0.39 is 0 Å². The monoisotopic (exact) mass is 286 g/mol. The topological polar surface area (TPSA) is 60.3 Å². The van der Waals surface area contributed by atoms with Crippen molar-refractivity contribution in [2.24, 2.45) is 7.05 Å². The van der Waals surface area contributed by atoms with Gasteiger partial charge in [0.1, 0.15) is 0 Å². The maximum atomic E-state index is 11.8. The summed E-state index contributed by atoms with van der Waals surface area (Å²) in [6, 6.07) is 11.0. The predicted molar refractivity (Wildman–Crippen MR) is 80.2 cm³/mol. The smallest absolute Gasteiger partial charge is 0.258 e. The molecule has 5 nitrogen and oxygen atoms in total. The van der Waals surface area contributed by atoms with Gasteiger partial charge >= 0.3 is 0 Å². The van der Waals surface area contributed by atoms with Crippen molar-refractivity contribution in [3.05, 3.63) is 64.1 Å². The second-order valence-electron chi connectivity index (χ2n) is 4.76. The highest BCUT2D eigenvalue weighted by molar-refractivity contribution is 5.77. The number of hydrogen-bond acceptors (Lipinski definition) is 3. The Morgan fingerprint density at radius 2 is 1.95 bits per heavy atom. The number of pyridine rings is 1. The summed E-state index contributed by atoms with van der Waals surface area (Å²) in [5.74, 6) is -0.0426. The first-order chi connectivity index (χ1) is 10.1. The number of aromatic nitrogens is 1. The molecule has 0 aliphatic heterocycles. The number of nitrogens with zero attached hydrogens (tertiary/aromatic N) is 1. The largest absolute Gasteiger partial charge is 0.478 e. The Kier molecular flexibility index (Phi) is 4.77. The standard InChI is InChI=1S/C16H18N2O3/c1-12-16(14(19)8-9-18(12)2)21-11-15(20)17-10-13-6-4-3-5-7-13/h3-9H,10-11H2,1-2H3,(H,17,20). The number of carbonyl (C=O) groups excluding carboxylic acids is 1. The first-order valence-corrected chi connectivity index (χ1v) is 6.67. The lowest BCUT2D eigenvalue weighted by Crippen LogP contribution is -2.29. The predicted octanol–water partition coefficient (Wildman–Crippen LogP) is 1.39. The van der Waals surface area contributed by atoms with E-state index in [1.165, 1.54) is 6.07 Å². The number of carbonyl (C=O) groups is 1. The Hall–Kier alpha value is -2.56. The number of benzene rings is 1. The van der Waals surface area contributed by atoms with Crippen LogP contribution < -0.4 is 15.5 Å². The van der Waals surface area contributed by atoms with Gasteiger partial charge in [-0.1, -0.05) is 30.3 Å². The van der Waals surface area contributed by atoms with Gasteiger partial charge < -0.3 is 14.6 Å². The molecule has 1 aromatic heterocycles. The van der Waals surface area contributed by atoms with Crippen LogP contribution in [0.25, 0.3) is 0 Å². The number of rotatable bonds is 5. The number of hydrogen-bond donors (Lipinski definition) is 1. The van der Waals surface area contributed by atoms with E-state index in [1.54, 1.807) is 17.7 Å². The zero-order chi connectivity index (χ0) is 15.2. The highest BCUT2D eigenvalue weighted by atomic mass is 16.5. The van der Waals surface area contributed by atoms with Crippen LogP contribution in [0.2, 0.25) is 0 Å². The van der Waals surface area contributed by atoms with E-state index in [2.05, 4.69) is 5.32 Å². The summed E-state index contributed by atoms with van der Waals surface area (Å²) in [6.07, 6.45) is 1.67. The van der Waals surface area contributed by atoms with Crippen LogP contribution in [0.3, 0.4) is 0 Å². The van der Waals surface area contributed by atoms with Crippen molar-refractivity contribution in [2.45, 2.75) is 13.5 Å². The molecule has 0 unspecified atom stereocenters. The Balaban J connectivity index is 1.90. The van der Waals surface area contributed by atoms with Gasteiger partial charge in [0, 0.05) is 25.9 Å². The van der Waals surface area contributed by atoms with Gasteiger partial charge in [-0.05, 0) is 12.5 Å². The molecule has 0 saturated heterocycles. The van der Waals surface area contributed by atoms with Crippen LogP contribution in [0.5, 0.6) is 5.75 Å². The summed E-state index contributed by atoms with van der Waals surface area (Å²) in [6.45, 7) is 2.04. The minimum absolute atomic E-state index is 0.174. The number of aryl methyl sites for hydroxylation is 1. The second-order valence-corrected chi connectivity index (χ2v) is 4.76. The van der Waals surface area contributed by atoms with Crippen molar-refractivity contribution < 1.29 is 9.53 Å². The van der Waals surface area contributed by atoms with Crippen molar-refractivity contribution >= 4 is 5.91 Å². The highest BCUT2D eigenvalue weighted by Gasteiger charge is 2.09. The van der Waals surface area contributed by atoms with Gasteiger partial charge in [-0.2, -0.15) is 0 Å². The number of amides is 1. The lowest BCUT2D eigenvalue weighted by molar-refractivity contribution is -0.123. The Morgan fingerprint density at radius 3 is 2.67 bits per heavy atom. The molecule has 0 radical (unpaired) electrons. The van der Waals surface area contributed by atoms with Gasteiger partial charge in [-0.25, -0.2) is 0 Å². The molecule has 0 saturated carbocycles. The van der Waals surface area contributed by atoms with Crippen molar-refractivity contribution in [1.82, 2.24) is 9.88 Å². The van der Waals surface area contributed by atoms with E-state index in [9.17, 15) is 9.59 Å². The fraction of sp³-hybridized carbons (Fsp3) is 0.250. The third kappa shape index (κ3) is 3.95. The van der Waals surface area contributed by atoms with Gasteiger partial charge in [0.2, 0.25) is 5.43 Å². The fourth-order valence-corrected chi connectivity index (χ4v) is 1.87. The van der Waals surface area contributed by atoms with Crippen LogP contribution in [0.4, 0.5) is 0 Å². The normalized spacial score (nSPS) is 10.2. The zero-order valence-electron chi connectivity index (χ0n) is 12.1. The molecule has 0 fully saturated rings. The van der Waals surface area contributed by atoms with Gasteiger partial charge in [0.15, 0.2) is 12.4 Å². The van der Waals surface area contributed by atoms with Crippen LogP contribution in [0.1, 0.15) is 11.3 Å². The fourth-order valence-electron chi connectivity index (χ4n) is 1.87. The average Bonchev–Trinajstić information content (AvgIpc) is 2.50. The third-order valence-corrected chi connectivity index (χ3v) is 3.21.